The van der Waals surface area contributed by atoms with Gasteiger partial charge in [0.25, 0.3) is 5.91 Å². The highest BCUT2D eigenvalue weighted by Crippen LogP contribution is 2.15. The van der Waals surface area contributed by atoms with E-state index in [1.54, 1.807) is 12.1 Å². The van der Waals surface area contributed by atoms with Crippen LogP contribution >= 0.6 is 0 Å². The second-order valence-corrected chi connectivity index (χ2v) is 4.41. The maximum Gasteiger partial charge on any atom is 0.258 e. The van der Waals surface area contributed by atoms with Crippen LogP contribution in [0.15, 0.2) is 24.4 Å². The summed E-state index contributed by atoms with van der Waals surface area (Å²) in [5.74, 6) is 1.06. The van der Waals surface area contributed by atoms with E-state index in [0.717, 1.165) is 5.69 Å². The monoisotopic (exact) mass is 260 g/mol. The summed E-state index contributed by atoms with van der Waals surface area (Å²) in [6.07, 6.45) is 1.46. The van der Waals surface area contributed by atoms with E-state index in [0.29, 0.717) is 23.2 Å². The number of nitrogens with zero attached hydrogens (tertiary/aromatic N) is 2. The number of nitrogens with one attached hydrogen (secondary N) is 2. The molecule has 0 unspecified atom stereocenters. The van der Waals surface area contributed by atoms with Crippen molar-refractivity contribution >= 4 is 11.7 Å². The number of carbonyl (C=O) groups excluding carboxylic acids is 1. The van der Waals surface area contributed by atoms with Gasteiger partial charge in [-0.1, -0.05) is 13.8 Å². The third-order valence-corrected chi connectivity index (χ3v) is 2.67. The molecule has 2 aromatic rings. The van der Waals surface area contributed by atoms with Crippen molar-refractivity contribution in [2.45, 2.75) is 19.8 Å². The molecule has 0 radical (unpaired) electrons. The van der Waals surface area contributed by atoms with Crippen LogP contribution in [0.5, 0.6) is 5.88 Å². The molecule has 6 heteroatoms. The van der Waals surface area contributed by atoms with Crippen LogP contribution in [0.4, 0.5) is 5.82 Å². The van der Waals surface area contributed by atoms with E-state index in [9.17, 15) is 4.79 Å². The maximum atomic E-state index is 11.9. The minimum atomic E-state index is -0.253. The summed E-state index contributed by atoms with van der Waals surface area (Å²) in [6.45, 7) is 4.10. The van der Waals surface area contributed by atoms with Crippen LogP contribution < -0.4 is 10.1 Å². The van der Waals surface area contributed by atoms with E-state index in [4.69, 9.17) is 4.74 Å². The first-order chi connectivity index (χ1) is 9.10. The molecule has 100 valence electrons. The highest BCUT2D eigenvalue weighted by Gasteiger charge is 2.10. The number of carbonyl (C=O) groups is 1. The van der Waals surface area contributed by atoms with Gasteiger partial charge in [-0.05, 0) is 12.0 Å². The molecule has 2 heterocycles. The second kappa shape index (κ2) is 5.51. The molecular weight excluding hydrogens is 244 g/mol. The van der Waals surface area contributed by atoms with Crippen LogP contribution in [0, 0.1) is 0 Å². The lowest BCUT2D eigenvalue weighted by molar-refractivity contribution is 0.102. The van der Waals surface area contributed by atoms with Gasteiger partial charge in [-0.2, -0.15) is 5.10 Å². The summed E-state index contributed by atoms with van der Waals surface area (Å²) in [7, 11) is 1.53. The number of hydrogen-bond donors (Lipinski definition) is 2. The van der Waals surface area contributed by atoms with Crippen molar-refractivity contribution in [3.63, 3.8) is 0 Å². The fourth-order valence-electron chi connectivity index (χ4n) is 1.52. The molecular formula is C13H16N4O2. The van der Waals surface area contributed by atoms with Gasteiger partial charge in [0.15, 0.2) is 5.82 Å². The van der Waals surface area contributed by atoms with Crippen molar-refractivity contribution in [1.29, 1.82) is 0 Å². The summed E-state index contributed by atoms with van der Waals surface area (Å²) in [6, 6.07) is 5.11. The van der Waals surface area contributed by atoms with E-state index in [-0.39, 0.29) is 5.91 Å². The van der Waals surface area contributed by atoms with Crippen LogP contribution in [0.1, 0.15) is 35.8 Å². The molecule has 6 nitrogen and oxygen atoms in total. The number of anilines is 1. The molecule has 0 bridgehead atoms. The molecule has 1 amide bonds. The fraction of sp³-hybridized carbons (Fsp3) is 0.308. The Kier molecular flexibility index (Phi) is 3.79. The van der Waals surface area contributed by atoms with E-state index < -0.39 is 0 Å². The van der Waals surface area contributed by atoms with Crippen LogP contribution in [0.2, 0.25) is 0 Å². The van der Waals surface area contributed by atoms with Crippen molar-refractivity contribution in [1.82, 2.24) is 15.2 Å². The Labute approximate surface area is 111 Å². The van der Waals surface area contributed by atoms with E-state index in [2.05, 4.69) is 20.5 Å². The number of amides is 1. The van der Waals surface area contributed by atoms with Gasteiger partial charge in [-0.3, -0.25) is 9.89 Å². The Balaban J connectivity index is 2.06. The third-order valence-electron chi connectivity index (χ3n) is 2.67. The van der Waals surface area contributed by atoms with Crippen LogP contribution in [-0.2, 0) is 0 Å². The lowest BCUT2D eigenvalue weighted by Gasteiger charge is -2.02. The van der Waals surface area contributed by atoms with Crippen LogP contribution in [-0.4, -0.2) is 28.2 Å². The average molecular weight is 260 g/mol. The Morgan fingerprint density at radius 3 is 2.74 bits per heavy atom. The summed E-state index contributed by atoms with van der Waals surface area (Å²) in [4.78, 5) is 15.9. The number of rotatable bonds is 4. The van der Waals surface area contributed by atoms with Gasteiger partial charge in [0.1, 0.15) is 0 Å². The zero-order valence-electron chi connectivity index (χ0n) is 11.1. The largest absolute Gasteiger partial charge is 0.481 e. The molecule has 0 atom stereocenters. The predicted molar refractivity (Wildman–Crippen MR) is 71.4 cm³/mol. The first kappa shape index (κ1) is 13.1. The number of pyridine rings is 1. The number of aromatic nitrogens is 3. The lowest BCUT2D eigenvalue weighted by atomic mass is 10.1. The average Bonchev–Trinajstić information content (AvgIpc) is 2.87. The lowest BCUT2D eigenvalue weighted by Crippen LogP contribution is -2.12. The van der Waals surface area contributed by atoms with E-state index >= 15 is 0 Å². The highest BCUT2D eigenvalue weighted by molar-refractivity contribution is 6.03. The molecule has 0 aliphatic heterocycles. The second-order valence-electron chi connectivity index (χ2n) is 4.41. The zero-order chi connectivity index (χ0) is 13.8. The Bertz CT molecular complexity index is 560. The Hall–Kier alpha value is -2.37. The summed E-state index contributed by atoms with van der Waals surface area (Å²) >= 11 is 0. The van der Waals surface area contributed by atoms with Gasteiger partial charge in [0.2, 0.25) is 5.88 Å². The molecule has 0 fully saturated rings. The van der Waals surface area contributed by atoms with E-state index in [1.165, 1.54) is 13.3 Å². The molecule has 0 aliphatic rings. The SMILES string of the molecule is COc1ccc(C(=O)Nc2cc(C(C)C)[nH]n2)cn1. The molecule has 19 heavy (non-hydrogen) atoms. The van der Waals surface area contributed by atoms with Gasteiger partial charge < -0.3 is 10.1 Å². The van der Waals surface area contributed by atoms with Crippen molar-refractivity contribution in [2.75, 3.05) is 12.4 Å². The molecule has 0 saturated heterocycles. The molecule has 2 aromatic heterocycles. The van der Waals surface area contributed by atoms with Gasteiger partial charge in [-0.25, -0.2) is 4.98 Å². The Morgan fingerprint density at radius 1 is 1.42 bits per heavy atom. The first-order valence-electron chi connectivity index (χ1n) is 5.97. The summed E-state index contributed by atoms with van der Waals surface area (Å²) in [5, 5.41) is 9.62. The molecule has 2 rings (SSSR count). The zero-order valence-corrected chi connectivity index (χ0v) is 11.1. The standard InChI is InChI=1S/C13H16N4O2/c1-8(2)10-6-11(17-16-10)15-13(18)9-4-5-12(19-3)14-7-9/h4-8H,1-3H3,(H2,15,16,17,18). The minimum Gasteiger partial charge on any atom is -0.481 e. The third kappa shape index (κ3) is 3.09. The number of methoxy groups -OCH3 is 1. The topological polar surface area (TPSA) is 79.9 Å². The normalized spacial score (nSPS) is 10.5. The van der Waals surface area contributed by atoms with E-state index in [1.807, 2.05) is 19.9 Å². The van der Waals surface area contributed by atoms with Gasteiger partial charge >= 0.3 is 0 Å². The quantitative estimate of drug-likeness (QED) is 0.883. The van der Waals surface area contributed by atoms with Gasteiger partial charge in [0.05, 0.1) is 12.7 Å². The molecule has 0 spiro atoms. The van der Waals surface area contributed by atoms with Gasteiger partial charge in [0, 0.05) is 24.0 Å². The highest BCUT2D eigenvalue weighted by atomic mass is 16.5. The summed E-state index contributed by atoms with van der Waals surface area (Å²) < 4.78 is 4.94. The molecule has 0 aliphatic carbocycles. The minimum absolute atomic E-state index is 0.253. The molecule has 0 aromatic carbocycles. The number of hydrogen-bond acceptors (Lipinski definition) is 4. The Morgan fingerprint density at radius 2 is 2.21 bits per heavy atom. The van der Waals surface area contributed by atoms with Crippen molar-refractivity contribution in [2.24, 2.45) is 0 Å². The van der Waals surface area contributed by atoms with Crippen molar-refractivity contribution in [3.05, 3.63) is 35.7 Å². The van der Waals surface area contributed by atoms with Crippen LogP contribution in [0.3, 0.4) is 0 Å². The van der Waals surface area contributed by atoms with Crippen molar-refractivity contribution < 1.29 is 9.53 Å². The molecule has 0 saturated carbocycles. The number of aromatic amines is 1. The maximum absolute atomic E-state index is 11.9. The first-order valence-corrected chi connectivity index (χ1v) is 5.97. The van der Waals surface area contributed by atoms with Gasteiger partial charge in [-0.15, -0.1) is 0 Å². The summed E-state index contributed by atoms with van der Waals surface area (Å²) in [5.41, 5.74) is 1.43. The fourth-order valence-corrected chi connectivity index (χ4v) is 1.52. The van der Waals surface area contributed by atoms with Crippen LogP contribution in [0.25, 0.3) is 0 Å². The number of ether oxygens (including phenoxy) is 1. The van der Waals surface area contributed by atoms with Crippen molar-refractivity contribution in [3.8, 4) is 5.88 Å². The smallest absolute Gasteiger partial charge is 0.258 e. The molecule has 2 N–H and O–H groups in total. The predicted octanol–water partition coefficient (Wildman–Crippen LogP) is 2.19. The number of H-pyrrole nitrogens is 1.